The maximum Gasteiger partial charge on any atom is 0.307 e. The number of aliphatic carboxylic acids is 1. The van der Waals surface area contributed by atoms with Crippen molar-refractivity contribution < 1.29 is 19.1 Å². The molecule has 0 spiro atoms. The summed E-state index contributed by atoms with van der Waals surface area (Å²) in [5.74, 6) is -2.21. The highest BCUT2D eigenvalue weighted by Gasteiger charge is 2.66. The van der Waals surface area contributed by atoms with Crippen molar-refractivity contribution in [3.05, 3.63) is 30.1 Å². The van der Waals surface area contributed by atoms with Crippen molar-refractivity contribution in [3.63, 3.8) is 0 Å². The lowest BCUT2D eigenvalue weighted by atomic mass is 10.1. The Morgan fingerprint density at radius 1 is 1.09 bits per heavy atom. The van der Waals surface area contributed by atoms with Crippen LogP contribution in [0.4, 0.5) is 10.1 Å². The first-order valence-corrected chi connectivity index (χ1v) is 7.84. The number of carbonyl (C=O) groups is 2. The Morgan fingerprint density at radius 3 is 2.13 bits per heavy atom. The van der Waals surface area contributed by atoms with E-state index in [0.717, 1.165) is 5.69 Å². The molecule has 0 unspecified atom stereocenters. The Morgan fingerprint density at radius 2 is 1.65 bits per heavy atom. The van der Waals surface area contributed by atoms with E-state index < -0.39 is 23.2 Å². The van der Waals surface area contributed by atoms with Gasteiger partial charge in [-0.1, -0.05) is 13.8 Å². The summed E-state index contributed by atoms with van der Waals surface area (Å²) in [7, 11) is 0. The van der Waals surface area contributed by atoms with Gasteiger partial charge in [-0.3, -0.25) is 9.59 Å². The molecule has 124 valence electrons. The number of nitrogens with zero attached hydrogens (tertiary/aromatic N) is 2. The van der Waals surface area contributed by atoms with Crippen molar-refractivity contribution >= 4 is 17.6 Å². The lowest BCUT2D eigenvalue weighted by Gasteiger charge is -2.36. The van der Waals surface area contributed by atoms with Crippen LogP contribution in [0.5, 0.6) is 0 Å². The second kappa shape index (κ2) is 5.51. The summed E-state index contributed by atoms with van der Waals surface area (Å²) in [5, 5.41) is 9.21. The number of piperazine rings is 1. The summed E-state index contributed by atoms with van der Waals surface area (Å²) in [6, 6.07) is 6.32. The number of hydrogen-bond donors (Lipinski definition) is 1. The third kappa shape index (κ3) is 2.78. The number of carbonyl (C=O) groups excluding carboxylic acids is 1. The van der Waals surface area contributed by atoms with E-state index in [9.17, 15) is 19.1 Å². The first kappa shape index (κ1) is 15.8. The molecule has 1 saturated carbocycles. The molecule has 2 aliphatic rings. The van der Waals surface area contributed by atoms with E-state index in [0.29, 0.717) is 26.2 Å². The predicted molar refractivity (Wildman–Crippen MR) is 83.6 cm³/mol. The Bertz CT molecular complexity index is 621. The molecule has 1 heterocycles. The van der Waals surface area contributed by atoms with E-state index >= 15 is 0 Å². The standard InChI is InChI=1S/C17H21FN2O3/c1-17(2)13(14(17)16(22)23)15(21)20-9-7-19(8-10-20)12-5-3-11(18)4-6-12/h3-6,13-14H,7-10H2,1-2H3,(H,22,23)/t13-,14-/m1/s1. The van der Waals surface area contributed by atoms with Gasteiger partial charge in [-0.2, -0.15) is 0 Å². The molecule has 1 N–H and O–H groups in total. The van der Waals surface area contributed by atoms with Crippen LogP contribution in [0.2, 0.25) is 0 Å². The van der Waals surface area contributed by atoms with Gasteiger partial charge in [0.05, 0.1) is 11.8 Å². The maximum atomic E-state index is 13.0. The third-order valence-corrected chi connectivity index (χ3v) is 5.14. The van der Waals surface area contributed by atoms with Gasteiger partial charge in [0.15, 0.2) is 0 Å². The summed E-state index contributed by atoms with van der Waals surface area (Å²) in [4.78, 5) is 27.7. The van der Waals surface area contributed by atoms with Crippen LogP contribution < -0.4 is 4.90 Å². The zero-order valence-corrected chi connectivity index (χ0v) is 13.3. The highest BCUT2D eigenvalue weighted by Crippen LogP contribution is 2.59. The van der Waals surface area contributed by atoms with Gasteiger partial charge in [0.2, 0.25) is 5.91 Å². The first-order chi connectivity index (χ1) is 10.8. The molecule has 6 heteroatoms. The van der Waals surface area contributed by atoms with Gasteiger partial charge < -0.3 is 14.9 Å². The van der Waals surface area contributed by atoms with Crippen LogP contribution in [0.25, 0.3) is 0 Å². The van der Waals surface area contributed by atoms with Crippen LogP contribution >= 0.6 is 0 Å². The summed E-state index contributed by atoms with van der Waals surface area (Å²) in [5.41, 5.74) is 0.477. The summed E-state index contributed by atoms with van der Waals surface area (Å²) in [6.45, 7) is 6.14. The Hall–Kier alpha value is -2.11. The van der Waals surface area contributed by atoms with Crippen LogP contribution in [-0.2, 0) is 9.59 Å². The minimum atomic E-state index is -0.890. The normalized spacial score (nSPS) is 26.0. The lowest BCUT2D eigenvalue weighted by Crippen LogP contribution is -2.49. The fourth-order valence-corrected chi connectivity index (χ4v) is 3.59. The Balaban J connectivity index is 1.60. The average molecular weight is 320 g/mol. The molecule has 0 bridgehead atoms. The zero-order valence-electron chi connectivity index (χ0n) is 13.3. The van der Waals surface area contributed by atoms with E-state index in [4.69, 9.17) is 0 Å². The lowest BCUT2D eigenvalue weighted by molar-refractivity contribution is -0.142. The summed E-state index contributed by atoms with van der Waals surface area (Å²) in [6.07, 6.45) is 0. The number of halogens is 1. The number of anilines is 1. The number of amides is 1. The van der Waals surface area contributed by atoms with Gasteiger partial charge in [0, 0.05) is 31.9 Å². The highest BCUT2D eigenvalue weighted by molar-refractivity contribution is 5.91. The molecule has 1 aliphatic heterocycles. The second-order valence-corrected chi connectivity index (χ2v) is 6.90. The molecule has 2 fully saturated rings. The topological polar surface area (TPSA) is 60.9 Å². The van der Waals surface area contributed by atoms with Gasteiger partial charge in [-0.25, -0.2) is 4.39 Å². The number of carboxylic acid groups (broad SMARTS) is 1. The Kier molecular flexibility index (Phi) is 3.78. The third-order valence-electron chi connectivity index (χ3n) is 5.14. The fourth-order valence-electron chi connectivity index (χ4n) is 3.59. The largest absolute Gasteiger partial charge is 0.481 e. The van der Waals surface area contributed by atoms with E-state index in [2.05, 4.69) is 4.90 Å². The molecule has 1 aromatic rings. The molecule has 1 aromatic carbocycles. The molecule has 0 aromatic heterocycles. The average Bonchev–Trinajstić information content (AvgIpc) is 3.10. The van der Waals surface area contributed by atoms with Crippen molar-refractivity contribution in [3.8, 4) is 0 Å². The van der Waals surface area contributed by atoms with Crippen molar-refractivity contribution in [2.24, 2.45) is 17.3 Å². The van der Waals surface area contributed by atoms with Gasteiger partial charge in [0.25, 0.3) is 0 Å². The summed E-state index contributed by atoms with van der Waals surface area (Å²) >= 11 is 0. The quantitative estimate of drug-likeness (QED) is 0.923. The number of hydrogen-bond acceptors (Lipinski definition) is 3. The number of benzene rings is 1. The van der Waals surface area contributed by atoms with E-state index in [1.807, 2.05) is 13.8 Å². The molecule has 5 nitrogen and oxygen atoms in total. The minimum absolute atomic E-state index is 0.0545. The van der Waals surface area contributed by atoms with Gasteiger partial charge in [-0.15, -0.1) is 0 Å². The molecular formula is C17H21FN2O3. The van der Waals surface area contributed by atoms with Gasteiger partial charge in [0.1, 0.15) is 5.82 Å². The molecule has 1 amide bonds. The molecule has 0 radical (unpaired) electrons. The van der Waals surface area contributed by atoms with Crippen LogP contribution in [-0.4, -0.2) is 48.1 Å². The molecule has 23 heavy (non-hydrogen) atoms. The van der Waals surface area contributed by atoms with Crippen LogP contribution in [0, 0.1) is 23.1 Å². The van der Waals surface area contributed by atoms with Crippen LogP contribution in [0.3, 0.4) is 0 Å². The fraction of sp³-hybridized carbons (Fsp3) is 0.529. The number of carboxylic acids is 1. The minimum Gasteiger partial charge on any atom is -0.481 e. The maximum absolute atomic E-state index is 13.0. The number of rotatable bonds is 3. The smallest absolute Gasteiger partial charge is 0.307 e. The molecule has 1 aliphatic carbocycles. The second-order valence-electron chi connectivity index (χ2n) is 6.90. The molecule has 3 rings (SSSR count). The van der Waals surface area contributed by atoms with Crippen molar-refractivity contribution in [2.75, 3.05) is 31.1 Å². The van der Waals surface area contributed by atoms with Gasteiger partial charge >= 0.3 is 5.97 Å². The first-order valence-electron chi connectivity index (χ1n) is 7.84. The van der Waals surface area contributed by atoms with Gasteiger partial charge in [-0.05, 0) is 29.7 Å². The molecular weight excluding hydrogens is 299 g/mol. The molecule has 1 saturated heterocycles. The summed E-state index contributed by atoms with van der Waals surface area (Å²) < 4.78 is 13.0. The SMILES string of the molecule is CC1(C)[C@@H](C(=O)O)[C@@H]1C(=O)N1CCN(c2ccc(F)cc2)CC1. The van der Waals surface area contributed by atoms with E-state index in [-0.39, 0.29) is 11.7 Å². The van der Waals surface area contributed by atoms with Crippen molar-refractivity contribution in [1.82, 2.24) is 4.90 Å². The van der Waals surface area contributed by atoms with E-state index in [1.54, 1.807) is 17.0 Å². The predicted octanol–water partition coefficient (Wildman–Crippen LogP) is 1.83. The van der Waals surface area contributed by atoms with Crippen molar-refractivity contribution in [1.29, 1.82) is 0 Å². The van der Waals surface area contributed by atoms with Crippen LogP contribution in [0.1, 0.15) is 13.8 Å². The zero-order chi connectivity index (χ0) is 16.8. The van der Waals surface area contributed by atoms with Crippen LogP contribution in [0.15, 0.2) is 24.3 Å². The van der Waals surface area contributed by atoms with E-state index in [1.165, 1.54) is 12.1 Å². The highest BCUT2D eigenvalue weighted by atomic mass is 19.1. The molecule has 2 atom stereocenters. The monoisotopic (exact) mass is 320 g/mol. The Labute approximate surface area is 134 Å². The van der Waals surface area contributed by atoms with Crippen molar-refractivity contribution in [2.45, 2.75) is 13.8 Å².